The zero-order chi connectivity index (χ0) is 23.1. The van der Waals surface area contributed by atoms with Gasteiger partial charge in [-0.3, -0.25) is 4.79 Å². The van der Waals surface area contributed by atoms with Crippen LogP contribution in [0.2, 0.25) is 0 Å². The number of anilines is 2. The highest BCUT2D eigenvalue weighted by Crippen LogP contribution is 2.28. The van der Waals surface area contributed by atoms with E-state index in [1.54, 1.807) is 18.2 Å². The van der Waals surface area contributed by atoms with Crippen molar-refractivity contribution in [2.75, 3.05) is 30.4 Å². The van der Waals surface area contributed by atoms with Gasteiger partial charge in [0.2, 0.25) is 0 Å². The van der Waals surface area contributed by atoms with Gasteiger partial charge in [-0.1, -0.05) is 12.1 Å². The third-order valence-corrected chi connectivity index (χ3v) is 5.08. The largest absolute Gasteiger partial charge is 0.573 e. The lowest BCUT2D eigenvalue weighted by atomic mass is 9.99. The number of ether oxygens (including phenoxy) is 2. The summed E-state index contributed by atoms with van der Waals surface area (Å²) in [5, 5.41) is 12.4. The van der Waals surface area contributed by atoms with Gasteiger partial charge in [0.15, 0.2) is 0 Å². The van der Waals surface area contributed by atoms with E-state index in [4.69, 9.17) is 4.74 Å². The average Bonchev–Trinajstić information content (AvgIpc) is 2.73. The number of carboxylic acids is 1. The predicted molar refractivity (Wildman–Crippen MR) is 111 cm³/mol. The number of carbonyl (C=O) groups is 1. The second-order valence-corrected chi connectivity index (χ2v) is 7.41. The molecule has 8 nitrogen and oxygen atoms in total. The molecule has 1 aromatic heterocycles. The molecule has 0 aliphatic carbocycles. The van der Waals surface area contributed by atoms with Crippen LogP contribution in [0.25, 0.3) is 0 Å². The summed E-state index contributed by atoms with van der Waals surface area (Å²) in [7, 11) is 1.46. The van der Waals surface area contributed by atoms with Crippen LogP contribution in [-0.2, 0) is 11.2 Å². The molecule has 174 valence electrons. The van der Waals surface area contributed by atoms with Crippen LogP contribution < -0.4 is 19.7 Å². The Kier molecular flexibility index (Phi) is 7.60. The van der Waals surface area contributed by atoms with Crippen LogP contribution in [-0.4, -0.2) is 53.6 Å². The van der Waals surface area contributed by atoms with Gasteiger partial charge in [-0.2, -0.15) is 9.97 Å². The molecule has 2 heterocycles. The van der Waals surface area contributed by atoms with E-state index >= 15 is 0 Å². The summed E-state index contributed by atoms with van der Waals surface area (Å²) in [6.45, 7) is 1.17. The van der Waals surface area contributed by atoms with Crippen LogP contribution in [0.1, 0.15) is 31.2 Å². The molecule has 1 aliphatic heterocycles. The van der Waals surface area contributed by atoms with Crippen molar-refractivity contribution in [1.29, 1.82) is 0 Å². The molecule has 0 radical (unpaired) electrons. The zero-order valence-corrected chi connectivity index (χ0v) is 17.6. The zero-order valence-electron chi connectivity index (χ0n) is 17.6. The van der Waals surface area contributed by atoms with Crippen LogP contribution in [0, 0.1) is 0 Å². The summed E-state index contributed by atoms with van der Waals surface area (Å²) in [5.41, 5.74) is 0.825. The SMILES string of the molecule is COc1nc(NCCc2ccc(OC(F)(F)F)cc2)cc(N2CCCCC2CC(=O)O)n1. The summed E-state index contributed by atoms with van der Waals surface area (Å²) in [5.74, 6) is -0.00719. The quantitative estimate of drug-likeness (QED) is 0.590. The van der Waals surface area contributed by atoms with Crippen molar-refractivity contribution in [3.05, 3.63) is 35.9 Å². The Morgan fingerprint density at radius 1 is 1.25 bits per heavy atom. The number of rotatable bonds is 9. The lowest BCUT2D eigenvalue weighted by Crippen LogP contribution is -2.41. The van der Waals surface area contributed by atoms with E-state index in [9.17, 15) is 23.1 Å². The third-order valence-electron chi connectivity index (χ3n) is 5.08. The Hall–Kier alpha value is -3.24. The third kappa shape index (κ3) is 6.89. The van der Waals surface area contributed by atoms with Gasteiger partial charge in [-0.15, -0.1) is 13.2 Å². The molecule has 1 saturated heterocycles. The van der Waals surface area contributed by atoms with E-state index in [2.05, 4.69) is 20.0 Å². The maximum Gasteiger partial charge on any atom is 0.573 e. The molecule has 0 saturated carbocycles. The standard InChI is InChI=1S/C21H25F3N4O4/c1-31-20-26-17(13-18(27-20)28-11-3-2-4-15(28)12-19(29)30)25-10-9-14-5-7-16(8-6-14)32-21(22,23)24/h5-8,13,15H,2-4,9-12H2,1H3,(H,29,30)(H,25,26,27). The highest BCUT2D eigenvalue weighted by Gasteiger charge is 2.31. The first-order valence-electron chi connectivity index (χ1n) is 10.2. The maximum absolute atomic E-state index is 12.3. The normalized spacial score (nSPS) is 16.5. The molecule has 1 aliphatic rings. The molecule has 2 aromatic rings. The van der Waals surface area contributed by atoms with Gasteiger partial charge < -0.3 is 24.8 Å². The van der Waals surface area contributed by atoms with Crippen molar-refractivity contribution >= 4 is 17.6 Å². The number of halogens is 3. The van der Waals surface area contributed by atoms with Gasteiger partial charge in [-0.25, -0.2) is 0 Å². The van der Waals surface area contributed by atoms with Gasteiger partial charge in [0, 0.05) is 25.2 Å². The van der Waals surface area contributed by atoms with E-state index < -0.39 is 12.3 Å². The van der Waals surface area contributed by atoms with Crippen molar-refractivity contribution in [3.8, 4) is 11.8 Å². The number of aromatic nitrogens is 2. The van der Waals surface area contributed by atoms with Gasteiger partial charge in [0.1, 0.15) is 17.4 Å². The van der Waals surface area contributed by atoms with Gasteiger partial charge in [0.25, 0.3) is 0 Å². The predicted octanol–water partition coefficient (Wildman–Crippen LogP) is 3.87. The van der Waals surface area contributed by atoms with Crippen molar-refractivity contribution in [2.45, 2.75) is 44.5 Å². The molecule has 2 N–H and O–H groups in total. The minimum absolute atomic E-state index is 0.0309. The number of carboxylic acid groups (broad SMARTS) is 1. The molecular weight excluding hydrogens is 429 g/mol. The average molecular weight is 454 g/mol. The Bertz CT molecular complexity index is 909. The molecule has 1 aromatic carbocycles. The second kappa shape index (κ2) is 10.4. The number of nitrogens with zero attached hydrogens (tertiary/aromatic N) is 3. The summed E-state index contributed by atoms with van der Waals surface area (Å²) < 4.78 is 45.9. The van der Waals surface area contributed by atoms with E-state index in [1.807, 2.05) is 4.90 Å². The molecular formula is C21H25F3N4O4. The Morgan fingerprint density at radius 2 is 2.00 bits per heavy atom. The smallest absolute Gasteiger partial charge is 0.481 e. The first-order chi connectivity index (χ1) is 15.2. The summed E-state index contributed by atoms with van der Waals surface area (Å²) in [4.78, 5) is 21.9. The molecule has 1 fully saturated rings. The number of hydrogen-bond donors (Lipinski definition) is 2. The van der Waals surface area contributed by atoms with Crippen LogP contribution in [0.4, 0.5) is 24.8 Å². The van der Waals surface area contributed by atoms with Crippen molar-refractivity contribution in [2.24, 2.45) is 0 Å². The van der Waals surface area contributed by atoms with Crippen LogP contribution in [0.15, 0.2) is 30.3 Å². The second-order valence-electron chi connectivity index (χ2n) is 7.41. The molecule has 0 amide bonds. The lowest BCUT2D eigenvalue weighted by molar-refractivity contribution is -0.274. The summed E-state index contributed by atoms with van der Waals surface area (Å²) >= 11 is 0. The first kappa shape index (κ1) is 23.4. The fourth-order valence-electron chi connectivity index (χ4n) is 3.65. The van der Waals surface area contributed by atoms with E-state index in [1.165, 1.54) is 19.2 Å². The van der Waals surface area contributed by atoms with E-state index in [-0.39, 0.29) is 24.2 Å². The lowest BCUT2D eigenvalue weighted by Gasteiger charge is -2.36. The van der Waals surface area contributed by atoms with Crippen LogP contribution in [0.3, 0.4) is 0 Å². The highest BCUT2D eigenvalue weighted by atomic mass is 19.4. The Labute approximate surface area is 183 Å². The van der Waals surface area contributed by atoms with Gasteiger partial charge in [-0.05, 0) is 43.4 Å². The molecule has 11 heteroatoms. The molecule has 1 atom stereocenters. The topological polar surface area (TPSA) is 96.8 Å². The van der Waals surface area contributed by atoms with Crippen LogP contribution in [0.5, 0.6) is 11.8 Å². The minimum atomic E-state index is -4.72. The van der Waals surface area contributed by atoms with Crippen molar-refractivity contribution in [3.63, 3.8) is 0 Å². The number of nitrogens with one attached hydrogen (secondary N) is 1. The molecule has 0 spiro atoms. The highest BCUT2D eigenvalue weighted by molar-refractivity contribution is 5.68. The summed E-state index contributed by atoms with van der Waals surface area (Å²) in [6, 6.07) is 7.45. The van der Waals surface area contributed by atoms with Gasteiger partial charge in [0.05, 0.1) is 13.5 Å². The van der Waals surface area contributed by atoms with Crippen LogP contribution >= 0.6 is 0 Å². The first-order valence-corrected chi connectivity index (χ1v) is 10.2. The molecule has 32 heavy (non-hydrogen) atoms. The molecule has 0 bridgehead atoms. The number of hydrogen-bond acceptors (Lipinski definition) is 7. The van der Waals surface area contributed by atoms with E-state index in [0.29, 0.717) is 31.1 Å². The van der Waals surface area contributed by atoms with Crippen molar-refractivity contribution in [1.82, 2.24) is 9.97 Å². The van der Waals surface area contributed by atoms with Crippen molar-refractivity contribution < 1.29 is 32.5 Å². The molecule has 1 unspecified atom stereocenters. The fraction of sp³-hybridized carbons (Fsp3) is 0.476. The number of benzene rings is 1. The monoisotopic (exact) mass is 454 g/mol. The number of methoxy groups -OCH3 is 1. The minimum Gasteiger partial charge on any atom is -0.481 e. The van der Waals surface area contributed by atoms with Gasteiger partial charge >= 0.3 is 18.3 Å². The Balaban J connectivity index is 1.65. The number of alkyl halides is 3. The maximum atomic E-state index is 12.3. The fourth-order valence-corrected chi connectivity index (χ4v) is 3.65. The Morgan fingerprint density at radius 3 is 2.66 bits per heavy atom. The summed E-state index contributed by atoms with van der Waals surface area (Å²) in [6.07, 6.45) is -1.46. The number of piperidine rings is 1. The molecule has 3 rings (SSSR count). The van der Waals surface area contributed by atoms with E-state index in [0.717, 1.165) is 24.8 Å². The number of aliphatic carboxylic acids is 1.